The maximum absolute atomic E-state index is 13.9. The van der Waals surface area contributed by atoms with Crippen LogP contribution in [0, 0.1) is 12.7 Å². The van der Waals surface area contributed by atoms with Crippen LogP contribution in [0.5, 0.6) is 0 Å². The molecule has 3 rings (SSSR count). The number of hydrogen-bond donors (Lipinski definition) is 0. The highest BCUT2D eigenvalue weighted by atomic mass is 19.1. The van der Waals surface area contributed by atoms with E-state index in [4.69, 9.17) is 0 Å². The van der Waals surface area contributed by atoms with Gasteiger partial charge in [0.2, 0.25) is 0 Å². The zero-order valence-electron chi connectivity index (χ0n) is 11.7. The molecule has 1 aromatic heterocycles. The molecule has 0 aliphatic heterocycles. The first-order chi connectivity index (χ1) is 9.06. The third kappa shape index (κ3) is 2.29. The summed E-state index contributed by atoms with van der Waals surface area (Å²) < 4.78 is 15.9. The molecule has 0 bridgehead atoms. The van der Waals surface area contributed by atoms with Crippen molar-refractivity contribution in [2.24, 2.45) is 0 Å². The predicted octanol–water partition coefficient (Wildman–Crippen LogP) is 4.32. The molecule has 0 atom stereocenters. The second-order valence-corrected chi connectivity index (χ2v) is 5.79. The lowest BCUT2D eigenvalue weighted by Gasteiger charge is -2.13. The Bertz CT molecular complexity index is 609. The van der Waals surface area contributed by atoms with Crippen molar-refractivity contribution in [1.82, 2.24) is 9.55 Å². The number of imidazole rings is 1. The largest absolute Gasteiger partial charge is 0.306 e. The monoisotopic (exact) mass is 258 g/mol. The highest BCUT2D eigenvalue weighted by molar-refractivity contribution is 5.45. The van der Waals surface area contributed by atoms with Crippen LogP contribution in [-0.4, -0.2) is 9.55 Å². The van der Waals surface area contributed by atoms with Gasteiger partial charge in [0.15, 0.2) is 0 Å². The summed E-state index contributed by atoms with van der Waals surface area (Å²) >= 11 is 0. The molecule has 3 heteroatoms. The Morgan fingerprint density at radius 3 is 2.68 bits per heavy atom. The van der Waals surface area contributed by atoms with Crippen LogP contribution in [0.25, 0.3) is 5.69 Å². The molecule has 0 spiro atoms. The minimum absolute atomic E-state index is 0.112. The Morgan fingerprint density at radius 1 is 1.32 bits per heavy atom. The minimum Gasteiger partial charge on any atom is -0.306 e. The van der Waals surface area contributed by atoms with E-state index in [1.165, 1.54) is 12.8 Å². The van der Waals surface area contributed by atoms with Gasteiger partial charge in [-0.05, 0) is 48.9 Å². The van der Waals surface area contributed by atoms with Crippen LogP contribution in [0.15, 0.2) is 24.7 Å². The number of benzene rings is 1. The maximum atomic E-state index is 13.9. The van der Waals surface area contributed by atoms with Gasteiger partial charge in [0.25, 0.3) is 0 Å². The van der Waals surface area contributed by atoms with Crippen molar-refractivity contribution < 1.29 is 4.39 Å². The summed E-state index contributed by atoms with van der Waals surface area (Å²) in [5.74, 6) is 0.719. The average Bonchev–Trinajstić information content (AvgIpc) is 3.08. The normalized spacial score (nSPS) is 15.2. The Kier molecular flexibility index (Phi) is 2.92. The van der Waals surface area contributed by atoms with E-state index in [0.717, 1.165) is 22.5 Å². The second kappa shape index (κ2) is 4.48. The zero-order chi connectivity index (χ0) is 13.6. The van der Waals surface area contributed by atoms with Crippen molar-refractivity contribution >= 4 is 0 Å². The minimum atomic E-state index is -0.112. The van der Waals surface area contributed by atoms with E-state index in [2.05, 4.69) is 11.2 Å². The van der Waals surface area contributed by atoms with Gasteiger partial charge in [-0.3, -0.25) is 0 Å². The second-order valence-electron chi connectivity index (χ2n) is 5.79. The van der Waals surface area contributed by atoms with Crippen molar-refractivity contribution in [3.63, 3.8) is 0 Å². The van der Waals surface area contributed by atoms with E-state index < -0.39 is 0 Å². The predicted molar refractivity (Wildman–Crippen MR) is 74.3 cm³/mol. The lowest BCUT2D eigenvalue weighted by atomic mass is 9.99. The summed E-state index contributed by atoms with van der Waals surface area (Å²) in [7, 11) is 0. The van der Waals surface area contributed by atoms with E-state index in [1.54, 1.807) is 6.07 Å². The Hall–Kier alpha value is -1.64. The lowest BCUT2D eigenvalue weighted by molar-refractivity contribution is 0.596. The molecule has 1 aliphatic rings. The molecule has 0 unspecified atom stereocenters. The van der Waals surface area contributed by atoms with Gasteiger partial charge in [-0.1, -0.05) is 13.8 Å². The highest BCUT2D eigenvalue weighted by Gasteiger charge is 2.26. The molecule has 0 amide bonds. The summed E-state index contributed by atoms with van der Waals surface area (Å²) in [6.07, 6.45) is 6.42. The molecule has 0 radical (unpaired) electrons. The third-order valence-corrected chi connectivity index (χ3v) is 3.81. The molecular weight excluding hydrogens is 239 g/mol. The zero-order valence-corrected chi connectivity index (χ0v) is 11.7. The molecule has 100 valence electrons. The molecule has 1 fully saturated rings. The Morgan fingerprint density at radius 2 is 2.05 bits per heavy atom. The quantitative estimate of drug-likeness (QED) is 0.801. The molecule has 2 aromatic rings. The molecule has 1 saturated carbocycles. The van der Waals surface area contributed by atoms with E-state index in [0.29, 0.717) is 5.92 Å². The standard InChI is InChI=1S/C16H19FN2/c1-10(2)13-7-16(11(3)6-14(13)17)19-8-15(18-9-19)12-4-5-12/h6-10,12H,4-5H2,1-3H3. The number of nitrogens with zero attached hydrogens (tertiary/aromatic N) is 2. The third-order valence-electron chi connectivity index (χ3n) is 3.81. The maximum Gasteiger partial charge on any atom is 0.127 e. The number of halogens is 1. The summed E-state index contributed by atoms with van der Waals surface area (Å²) in [5.41, 5.74) is 3.91. The van der Waals surface area contributed by atoms with Gasteiger partial charge in [-0.25, -0.2) is 9.37 Å². The molecule has 0 N–H and O–H groups in total. The van der Waals surface area contributed by atoms with Gasteiger partial charge >= 0.3 is 0 Å². The first kappa shape index (κ1) is 12.4. The summed E-state index contributed by atoms with van der Waals surface area (Å²) in [6, 6.07) is 3.58. The molecule has 19 heavy (non-hydrogen) atoms. The van der Waals surface area contributed by atoms with Crippen LogP contribution < -0.4 is 0 Å². The van der Waals surface area contributed by atoms with Crippen LogP contribution in [-0.2, 0) is 0 Å². The molecule has 2 nitrogen and oxygen atoms in total. The van der Waals surface area contributed by atoms with Crippen LogP contribution >= 0.6 is 0 Å². The van der Waals surface area contributed by atoms with Crippen LogP contribution in [0.1, 0.15) is 55.3 Å². The van der Waals surface area contributed by atoms with Gasteiger partial charge in [0, 0.05) is 17.8 Å². The molecule has 1 heterocycles. The van der Waals surface area contributed by atoms with E-state index in [1.807, 2.05) is 37.7 Å². The number of aryl methyl sites for hydroxylation is 1. The van der Waals surface area contributed by atoms with E-state index in [9.17, 15) is 4.39 Å². The van der Waals surface area contributed by atoms with Gasteiger partial charge in [-0.2, -0.15) is 0 Å². The van der Waals surface area contributed by atoms with Crippen molar-refractivity contribution in [1.29, 1.82) is 0 Å². The van der Waals surface area contributed by atoms with Crippen LogP contribution in [0.3, 0.4) is 0 Å². The van der Waals surface area contributed by atoms with Crippen LogP contribution in [0.2, 0.25) is 0 Å². The first-order valence-corrected chi connectivity index (χ1v) is 6.90. The van der Waals surface area contributed by atoms with Crippen molar-refractivity contribution in [2.75, 3.05) is 0 Å². The fourth-order valence-corrected chi connectivity index (χ4v) is 2.46. The molecular formula is C16H19FN2. The summed E-state index contributed by atoms with van der Waals surface area (Å²) in [6.45, 7) is 5.97. The van der Waals surface area contributed by atoms with E-state index >= 15 is 0 Å². The number of rotatable bonds is 3. The Labute approximate surface area is 113 Å². The van der Waals surface area contributed by atoms with Crippen LogP contribution in [0.4, 0.5) is 4.39 Å². The van der Waals surface area contributed by atoms with Crippen molar-refractivity contribution in [2.45, 2.75) is 45.4 Å². The average molecular weight is 258 g/mol. The number of aromatic nitrogens is 2. The van der Waals surface area contributed by atoms with Gasteiger partial charge < -0.3 is 4.57 Å². The van der Waals surface area contributed by atoms with Crippen molar-refractivity contribution in [3.05, 3.63) is 47.3 Å². The highest BCUT2D eigenvalue weighted by Crippen LogP contribution is 2.39. The smallest absolute Gasteiger partial charge is 0.127 e. The fraction of sp³-hybridized carbons (Fsp3) is 0.438. The Balaban J connectivity index is 2.04. The summed E-state index contributed by atoms with van der Waals surface area (Å²) in [5, 5.41) is 0. The van der Waals surface area contributed by atoms with Gasteiger partial charge in [0.1, 0.15) is 5.82 Å². The first-order valence-electron chi connectivity index (χ1n) is 6.90. The lowest BCUT2D eigenvalue weighted by Crippen LogP contribution is -2.00. The van der Waals surface area contributed by atoms with E-state index in [-0.39, 0.29) is 11.7 Å². The molecule has 1 aromatic carbocycles. The fourth-order valence-electron chi connectivity index (χ4n) is 2.46. The number of hydrogen-bond acceptors (Lipinski definition) is 1. The van der Waals surface area contributed by atoms with Gasteiger partial charge in [0.05, 0.1) is 12.0 Å². The molecule has 0 saturated heterocycles. The topological polar surface area (TPSA) is 17.8 Å². The van der Waals surface area contributed by atoms with Crippen molar-refractivity contribution in [3.8, 4) is 5.69 Å². The van der Waals surface area contributed by atoms with Gasteiger partial charge in [-0.15, -0.1) is 0 Å². The SMILES string of the molecule is Cc1cc(F)c(C(C)C)cc1-n1cnc(C2CC2)c1. The summed E-state index contributed by atoms with van der Waals surface area (Å²) in [4.78, 5) is 4.46. The molecule has 1 aliphatic carbocycles.